The quantitative estimate of drug-likeness (QED) is 0.298. The fraction of sp³-hybridized carbons (Fsp3) is 0.667. The van der Waals surface area contributed by atoms with E-state index in [1.807, 2.05) is 0 Å². The summed E-state index contributed by atoms with van der Waals surface area (Å²) in [5.41, 5.74) is 0. The van der Waals surface area contributed by atoms with Crippen LogP contribution in [0.15, 0.2) is 12.2 Å². The van der Waals surface area contributed by atoms with Gasteiger partial charge in [-0.05, 0) is 0 Å². The Hall–Kier alpha value is -0.420. The van der Waals surface area contributed by atoms with E-state index < -0.39 is 24.4 Å². The Kier molecular flexibility index (Phi) is 2.05. The molecule has 0 heterocycles. The van der Waals surface area contributed by atoms with E-state index in [0.29, 0.717) is 0 Å². The molecule has 0 spiro atoms. The van der Waals surface area contributed by atoms with Crippen LogP contribution in [0.2, 0.25) is 0 Å². The van der Waals surface area contributed by atoms with Gasteiger partial charge in [-0.15, -0.1) is 0 Å². The van der Waals surface area contributed by atoms with Gasteiger partial charge in [-0.3, -0.25) is 0 Å². The van der Waals surface area contributed by atoms with E-state index in [-0.39, 0.29) is 0 Å². The molecular formula is C6H10O4. The first kappa shape index (κ1) is 7.68. The van der Waals surface area contributed by atoms with E-state index in [2.05, 4.69) is 0 Å². The van der Waals surface area contributed by atoms with Crippen molar-refractivity contribution < 1.29 is 20.4 Å². The van der Waals surface area contributed by atoms with Crippen LogP contribution in [0.5, 0.6) is 0 Å². The zero-order chi connectivity index (χ0) is 7.72. The zero-order valence-corrected chi connectivity index (χ0v) is 5.25. The third-order valence-corrected chi connectivity index (χ3v) is 1.56. The minimum Gasteiger partial charge on any atom is -0.387 e. The van der Waals surface area contributed by atoms with Gasteiger partial charge in [0.1, 0.15) is 24.4 Å². The Bertz CT molecular complexity index is 129. The van der Waals surface area contributed by atoms with Crippen molar-refractivity contribution in [1.82, 2.24) is 0 Å². The molecular weight excluding hydrogens is 136 g/mol. The first-order valence-electron chi connectivity index (χ1n) is 3.03. The van der Waals surface area contributed by atoms with Crippen molar-refractivity contribution >= 4 is 0 Å². The Labute approximate surface area is 58.0 Å². The van der Waals surface area contributed by atoms with E-state index >= 15 is 0 Å². The molecule has 0 aromatic rings. The predicted octanol–water partition coefficient (Wildman–Crippen LogP) is -2.00. The molecule has 0 aromatic carbocycles. The highest BCUT2D eigenvalue weighted by atomic mass is 16.4. The number of aliphatic hydroxyl groups excluding tert-OH is 4. The van der Waals surface area contributed by atoms with Crippen LogP contribution in [0.25, 0.3) is 0 Å². The summed E-state index contributed by atoms with van der Waals surface area (Å²) in [5, 5.41) is 35.5. The summed E-state index contributed by atoms with van der Waals surface area (Å²) >= 11 is 0. The molecule has 0 bridgehead atoms. The first-order valence-corrected chi connectivity index (χ1v) is 3.03. The van der Waals surface area contributed by atoms with Crippen molar-refractivity contribution in [1.29, 1.82) is 0 Å². The standard InChI is InChI=1S/C6H10O4/c7-3-1-2-4(8)6(10)5(3)9/h1-10H/t3-,4-,5-,6-/m1/s1. The highest BCUT2D eigenvalue weighted by Crippen LogP contribution is 2.12. The van der Waals surface area contributed by atoms with E-state index in [0.717, 1.165) is 0 Å². The van der Waals surface area contributed by atoms with Crippen molar-refractivity contribution in [3.05, 3.63) is 12.2 Å². The topological polar surface area (TPSA) is 80.9 Å². The molecule has 0 radical (unpaired) electrons. The predicted molar refractivity (Wildman–Crippen MR) is 33.2 cm³/mol. The Morgan fingerprint density at radius 1 is 0.700 bits per heavy atom. The van der Waals surface area contributed by atoms with Gasteiger partial charge in [0.2, 0.25) is 0 Å². The van der Waals surface area contributed by atoms with Gasteiger partial charge < -0.3 is 20.4 Å². The molecule has 0 unspecified atom stereocenters. The fourth-order valence-corrected chi connectivity index (χ4v) is 0.859. The summed E-state index contributed by atoms with van der Waals surface area (Å²) in [6, 6.07) is 0. The van der Waals surface area contributed by atoms with Crippen molar-refractivity contribution in [2.24, 2.45) is 0 Å². The smallest absolute Gasteiger partial charge is 0.112 e. The Morgan fingerprint density at radius 3 is 1.30 bits per heavy atom. The molecule has 58 valence electrons. The lowest BCUT2D eigenvalue weighted by Gasteiger charge is -2.27. The normalized spacial score (nSPS) is 47.6. The van der Waals surface area contributed by atoms with Gasteiger partial charge in [-0.25, -0.2) is 0 Å². The molecule has 1 aliphatic rings. The average Bonchev–Trinajstić information content (AvgIpc) is 1.93. The highest BCUT2D eigenvalue weighted by molar-refractivity contribution is 5.07. The van der Waals surface area contributed by atoms with E-state index in [1.54, 1.807) is 0 Å². The zero-order valence-electron chi connectivity index (χ0n) is 5.25. The molecule has 0 aliphatic heterocycles. The maximum atomic E-state index is 8.91. The first-order chi connectivity index (χ1) is 4.63. The lowest BCUT2D eigenvalue weighted by atomic mass is 9.97. The lowest BCUT2D eigenvalue weighted by Crippen LogP contribution is -2.46. The average molecular weight is 146 g/mol. The van der Waals surface area contributed by atoms with E-state index in [1.165, 1.54) is 12.2 Å². The van der Waals surface area contributed by atoms with Crippen LogP contribution in [0.1, 0.15) is 0 Å². The number of hydrogen-bond acceptors (Lipinski definition) is 4. The van der Waals surface area contributed by atoms with Gasteiger partial charge in [0.15, 0.2) is 0 Å². The molecule has 4 nitrogen and oxygen atoms in total. The molecule has 4 atom stereocenters. The summed E-state index contributed by atoms with van der Waals surface area (Å²) in [6.45, 7) is 0. The van der Waals surface area contributed by atoms with Crippen molar-refractivity contribution in [2.45, 2.75) is 24.4 Å². The van der Waals surface area contributed by atoms with Crippen molar-refractivity contribution in [3.63, 3.8) is 0 Å². The molecule has 10 heavy (non-hydrogen) atoms. The Balaban J connectivity index is 2.69. The van der Waals surface area contributed by atoms with E-state index in [4.69, 9.17) is 20.4 Å². The summed E-state index contributed by atoms with van der Waals surface area (Å²) in [7, 11) is 0. The highest BCUT2D eigenvalue weighted by Gasteiger charge is 2.31. The van der Waals surface area contributed by atoms with Crippen molar-refractivity contribution in [2.75, 3.05) is 0 Å². The molecule has 0 amide bonds. The molecule has 4 heteroatoms. The van der Waals surface area contributed by atoms with Crippen LogP contribution in [-0.4, -0.2) is 44.8 Å². The summed E-state index contributed by atoms with van der Waals surface area (Å²) in [5.74, 6) is 0. The number of rotatable bonds is 0. The number of aliphatic hydroxyl groups is 4. The molecule has 0 saturated heterocycles. The molecule has 1 aliphatic carbocycles. The van der Waals surface area contributed by atoms with Gasteiger partial charge in [-0.2, -0.15) is 0 Å². The molecule has 0 saturated carbocycles. The number of hydrogen-bond donors (Lipinski definition) is 4. The third-order valence-electron chi connectivity index (χ3n) is 1.56. The fourth-order valence-electron chi connectivity index (χ4n) is 0.859. The van der Waals surface area contributed by atoms with Crippen LogP contribution < -0.4 is 0 Å². The SMILES string of the molecule is O[C@H]1[C@H](O)[C@H](O)C=C[C@H]1O. The van der Waals surface area contributed by atoms with Crippen LogP contribution in [0, 0.1) is 0 Å². The molecule has 4 N–H and O–H groups in total. The maximum Gasteiger partial charge on any atom is 0.112 e. The molecule has 0 aromatic heterocycles. The van der Waals surface area contributed by atoms with E-state index in [9.17, 15) is 0 Å². The van der Waals surface area contributed by atoms with Gasteiger partial charge in [0, 0.05) is 0 Å². The van der Waals surface area contributed by atoms with Gasteiger partial charge >= 0.3 is 0 Å². The lowest BCUT2D eigenvalue weighted by molar-refractivity contribution is -0.0884. The third kappa shape index (κ3) is 1.19. The second kappa shape index (κ2) is 2.67. The minimum absolute atomic E-state index is 1.07. The molecule has 0 fully saturated rings. The summed E-state index contributed by atoms with van der Waals surface area (Å²) in [6.07, 6.45) is -2.19. The van der Waals surface area contributed by atoms with Crippen LogP contribution in [-0.2, 0) is 0 Å². The van der Waals surface area contributed by atoms with Crippen LogP contribution in [0.3, 0.4) is 0 Å². The second-order valence-corrected chi connectivity index (χ2v) is 2.35. The van der Waals surface area contributed by atoms with Gasteiger partial charge in [0.25, 0.3) is 0 Å². The van der Waals surface area contributed by atoms with Gasteiger partial charge in [0.05, 0.1) is 0 Å². The summed E-state index contributed by atoms with van der Waals surface area (Å²) in [4.78, 5) is 0. The monoisotopic (exact) mass is 146 g/mol. The van der Waals surface area contributed by atoms with Crippen LogP contribution >= 0.6 is 0 Å². The van der Waals surface area contributed by atoms with Crippen molar-refractivity contribution in [3.8, 4) is 0 Å². The summed E-state index contributed by atoms with van der Waals surface area (Å²) < 4.78 is 0. The van der Waals surface area contributed by atoms with Gasteiger partial charge in [-0.1, -0.05) is 12.2 Å². The Morgan fingerprint density at radius 2 is 1.00 bits per heavy atom. The maximum absolute atomic E-state index is 8.91. The van der Waals surface area contributed by atoms with Crippen LogP contribution in [0.4, 0.5) is 0 Å². The minimum atomic E-state index is -1.28. The molecule has 1 rings (SSSR count). The largest absolute Gasteiger partial charge is 0.387 e. The second-order valence-electron chi connectivity index (χ2n) is 2.35.